The lowest BCUT2D eigenvalue weighted by Gasteiger charge is -2.38. The zero-order valence-corrected chi connectivity index (χ0v) is 22.6. The number of aliphatic imine (C=N–C) groups is 1. The number of carbonyl (C=O) groups excluding carboxylic acids is 3. The van der Waals surface area contributed by atoms with Crippen LogP contribution in [0.4, 0.5) is 11.6 Å². The van der Waals surface area contributed by atoms with Crippen LogP contribution in [0.1, 0.15) is 54.7 Å². The van der Waals surface area contributed by atoms with Gasteiger partial charge in [-0.1, -0.05) is 30.3 Å². The van der Waals surface area contributed by atoms with Crippen molar-refractivity contribution < 1.29 is 14.4 Å². The molecule has 2 aliphatic heterocycles. The zero-order chi connectivity index (χ0) is 26.6. The molecule has 4 rings (SSSR count). The lowest BCUT2D eigenvalue weighted by Crippen LogP contribution is -2.53. The molecule has 0 saturated carbocycles. The molecule has 1 aromatic carbocycles. The number of nitrogens with zero attached hydrogens (tertiary/aromatic N) is 4. The molecule has 2 aromatic rings. The Morgan fingerprint density at radius 2 is 1.84 bits per heavy atom. The van der Waals surface area contributed by atoms with E-state index in [4.69, 9.17) is 11.5 Å². The molecule has 0 radical (unpaired) electrons. The molecule has 0 unspecified atom stereocenters. The van der Waals surface area contributed by atoms with Crippen LogP contribution in [0.25, 0.3) is 0 Å². The number of amides is 3. The first-order valence-corrected chi connectivity index (χ1v) is 13.1. The van der Waals surface area contributed by atoms with Crippen molar-refractivity contribution in [2.24, 2.45) is 4.99 Å². The van der Waals surface area contributed by atoms with Gasteiger partial charge in [0.15, 0.2) is 23.3 Å². The fourth-order valence-corrected chi connectivity index (χ4v) is 4.78. The molecule has 1 spiro atoms. The molecule has 12 nitrogen and oxygen atoms in total. The topological polar surface area (TPSA) is 181 Å². The number of nitrogens with two attached hydrogens (primary N) is 2. The monoisotopic (exact) mass is 619 g/mol. The van der Waals surface area contributed by atoms with Gasteiger partial charge in [-0.05, 0) is 47.9 Å². The van der Waals surface area contributed by atoms with Gasteiger partial charge in [0.1, 0.15) is 3.70 Å². The van der Waals surface area contributed by atoms with Gasteiger partial charge in [-0.25, -0.2) is 9.97 Å². The van der Waals surface area contributed by atoms with Crippen LogP contribution in [0.2, 0.25) is 0 Å². The average Bonchev–Trinajstić information content (AvgIpc) is 3.27. The molecule has 1 atom stereocenters. The number of halogens is 1. The van der Waals surface area contributed by atoms with Gasteiger partial charge in [-0.2, -0.15) is 4.99 Å². The molecule has 2 fully saturated rings. The lowest BCUT2D eigenvalue weighted by molar-refractivity contribution is -0.135. The Kier molecular flexibility index (Phi) is 8.10. The van der Waals surface area contributed by atoms with E-state index in [2.05, 4.69) is 30.9 Å². The number of likely N-dealkylation sites (tertiary alicyclic amines) is 1. The first-order valence-electron chi connectivity index (χ1n) is 12.0. The number of carbonyl (C=O) groups is 3. The van der Waals surface area contributed by atoms with Gasteiger partial charge in [0.2, 0.25) is 11.8 Å². The number of rotatable bonds is 6. The highest BCUT2D eigenvalue weighted by atomic mass is 127. The maximum Gasteiger partial charge on any atom is 0.302 e. The highest BCUT2D eigenvalue weighted by Gasteiger charge is 2.40. The van der Waals surface area contributed by atoms with Crippen molar-refractivity contribution >= 4 is 57.9 Å². The van der Waals surface area contributed by atoms with Gasteiger partial charge in [0, 0.05) is 32.5 Å². The van der Waals surface area contributed by atoms with Crippen molar-refractivity contribution in [1.82, 2.24) is 30.8 Å². The van der Waals surface area contributed by atoms with E-state index in [9.17, 15) is 14.4 Å². The third kappa shape index (κ3) is 6.45. The van der Waals surface area contributed by atoms with Crippen LogP contribution in [0.15, 0.2) is 35.3 Å². The fraction of sp³-hybridized carbons (Fsp3) is 0.417. The normalized spacial score (nSPS) is 18.2. The molecule has 7 N–H and O–H groups in total. The molecule has 13 heteroatoms. The van der Waals surface area contributed by atoms with Gasteiger partial charge in [0.05, 0.1) is 11.6 Å². The van der Waals surface area contributed by atoms with Gasteiger partial charge in [-0.3, -0.25) is 14.4 Å². The highest BCUT2D eigenvalue weighted by molar-refractivity contribution is 14.1. The number of hydrogen-bond donors (Lipinski definition) is 5. The summed E-state index contributed by atoms with van der Waals surface area (Å²) in [6.45, 7) is 3.59. The third-order valence-corrected chi connectivity index (χ3v) is 7.41. The fourth-order valence-electron chi connectivity index (χ4n) is 4.42. The van der Waals surface area contributed by atoms with Crippen LogP contribution in [0.5, 0.6) is 0 Å². The third-order valence-electron chi connectivity index (χ3n) is 6.61. The van der Waals surface area contributed by atoms with E-state index in [-0.39, 0.29) is 53.6 Å². The first kappa shape index (κ1) is 26.6. The van der Waals surface area contributed by atoms with E-state index >= 15 is 0 Å². The number of nitrogen functional groups attached to an aromatic ring is 2. The highest BCUT2D eigenvalue weighted by Crippen LogP contribution is 2.25. The van der Waals surface area contributed by atoms with E-state index in [1.165, 1.54) is 0 Å². The number of benzene rings is 1. The number of aromatic nitrogens is 2. The summed E-state index contributed by atoms with van der Waals surface area (Å²) < 4.78 is 0.374. The van der Waals surface area contributed by atoms with Crippen molar-refractivity contribution in [2.75, 3.05) is 31.1 Å². The largest absolute Gasteiger partial charge is 0.382 e. The first-order chi connectivity index (χ1) is 17.7. The van der Waals surface area contributed by atoms with Gasteiger partial charge >= 0.3 is 5.91 Å². The minimum atomic E-state index is -0.623. The number of hydrogen-bond acceptors (Lipinski definition) is 7. The number of guanidine groups is 1. The molecular formula is C24H30IN9O3. The maximum absolute atomic E-state index is 12.7. The van der Waals surface area contributed by atoms with E-state index < -0.39 is 5.91 Å². The molecule has 3 heterocycles. The molecular weight excluding hydrogens is 589 g/mol. The molecule has 2 saturated heterocycles. The van der Waals surface area contributed by atoms with Crippen LogP contribution in [0.3, 0.4) is 0 Å². The van der Waals surface area contributed by atoms with E-state index in [0.29, 0.717) is 42.1 Å². The Hall–Kier alpha value is -3.49. The van der Waals surface area contributed by atoms with Crippen molar-refractivity contribution in [3.05, 3.63) is 45.3 Å². The summed E-state index contributed by atoms with van der Waals surface area (Å²) in [6, 6.07) is 9.58. The summed E-state index contributed by atoms with van der Waals surface area (Å²) >= 11 is 1.88. The predicted octanol–water partition coefficient (Wildman–Crippen LogP) is 0.953. The zero-order valence-electron chi connectivity index (χ0n) is 20.5. The standard InChI is InChI=1S/C24H30IN9O3/c1-14(15-5-3-2-4-6-15)29-16(35)7-8-17(36)34-11-9-24(10-12-34)13-28-23(33-24)32-22(37)18-20(26)31-21(27)19(25)30-18/h2-6,14H,7-13H2,1H3,(H,29,35)(H4,26,27,31)(H2,28,32,33,37)/t14-/m1/s1. The Balaban J connectivity index is 1.24. The average molecular weight is 619 g/mol. The molecule has 37 heavy (non-hydrogen) atoms. The minimum Gasteiger partial charge on any atom is -0.382 e. The summed E-state index contributed by atoms with van der Waals surface area (Å²) in [4.78, 5) is 51.5. The minimum absolute atomic E-state index is 0.0422. The molecule has 0 bridgehead atoms. The Morgan fingerprint density at radius 1 is 1.14 bits per heavy atom. The molecule has 3 amide bonds. The van der Waals surface area contributed by atoms with Crippen LogP contribution < -0.4 is 27.4 Å². The molecule has 196 valence electrons. The Morgan fingerprint density at radius 3 is 2.54 bits per heavy atom. The summed E-state index contributed by atoms with van der Waals surface area (Å²) in [6.07, 6.45) is 1.67. The number of piperidine rings is 1. The molecule has 1 aromatic heterocycles. The predicted molar refractivity (Wildman–Crippen MR) is 147 cm³/mol. The van der Waals surface area contributed by atoms with Crippen molar-refractivity contribution in [3.8, 4) is 0 Å². The van der Waals surface area contributed by atoms with Crippen molar-refractivity contribution in [2.45, 2.75) is 44.2 Å². The SMILES string of the molecule is C[C@@H](NC(=O)CCC(=O)N1CCC2(CC1)CN/C(=N\C(=O)c1nc(I)c(N)nc1N)N2)c1ccccc1. The van der Waals surface area contributed by atoms with Gasteiger partial charge in [0.25, 0.3) is 0 Å². The van der Waals surface area contributed by atoms with Crippen molar-refractivity contribution in [3.63, 3.8) is 0 Å². The Bertz CT molecular complexity index is 1210. The molecule has 2 aliphatic rings. The van der Waals surface area contributed by atoms with Crippen LogP contribution in [0, 0.1) is 3.70 Å². The summed E-state index contributed by atoms with van der Waals surface area (Å²) in [5, 5.41) is 9.37. The second-order valence-electron chi connectivity index (χ2n) is 9.24. The van der Waals surface area contributed by atoms with Crippen LogP contribution in [-0.2, 0) is 9.59 Å². The van der Waals surface area contributed by atoms with Gasteiger partial charge in [-0.15, -0.1) is 0 Å². The molecule has 0 aliphatic carbocycles. The van der Waals surface area contributed by atoms with Crippen molar-refractivity contribution in [1.29, 1.82) is 0 Å². The van der Waals surface area contributed by atoms with E-state index in [0.717, 1.165) is 5.56 Å². The van der Waals surface area contributed by atoms with Gasteiger partial charge < -0.3 is 32.3 Å². The summed E-state index contributed by atoms with van der Waals surface area (Å²) in [5.74, 6) is -0.396. The van der Waals surface area contributed by atoms with E-state index in [1.54, 1.807) is 4.90 Å². The van der Waals surface area contributed by atoms with Crippen LogP contribution in [-0.4, -0.2) is 63.7 Å². The number of anilines is 2. The Labute approximate surface area is 228 Å². The second-order valence-corrected chi connectivity index (χ2v) is 10.3. The van der Waals surface area contributed by atoms with Crippen LogP contribution >= 0.6 is 22.6 Å². The van der Waals surface area contributed by atoms with E-state index in [1.807, 2.05) is 59.8 Å². The quantitative estimate of drug-likeness (QED) is 0.294. The number of nitrogens with one attached hydrogen (secondary N) is 3. The maximum atomic E-state index is 12.7. The smallest absolute Gasteiger partial charge is 0.302 e. The summed E-state index contributed by atoms with van der Waals surface area (Å²) in [5.41, 5.74) is 12.1. The lowest BCUT2D eigenvalue weighted by atomic mass is 9.88. The second kappa shape index (κ2) is 11.3. The summed E-state index contributed by atoms with van der Waals surface area (Å²) in [7, 11) is 0.